The van der Waals surface area contributed by atoms with Gasteiger partial charge in [0.05, 0.1) is 11.3 Å². The van der Waals surface area contributed by atoms with Gasteiger partial charge in [0, 0.05) is 12.2 Å². The maximum atomic E-state index is 12.4. The number of aromatic amines is 1. The molecule has 0 spiro atoms. The van der Waals surface area contributed by atoms with Crippen LogP contribution in [0.4, 0.5) is 5.69 Å². The molecular weight excluding hydrogens is 316 g/mol. The first-order valence-electron chi connectivity index (χ1n) is 8.59. The van der Waals surface area contributed by atoms with Crippen molar-refractivity contribution in [2.75, 3.05) is 11.9 Å². The molecule has 0 fully saturated rings. The molecule has 6 nitrogen and oxygen atoms in total. The molecular formula is C19H26N4O2. The lowest BCUT2D eigenvalue weighted by Gasteiger charge is -2.12. The van der Waals surface area contributed by atoms with E-state index in [2.05, 4.69) is 34.7 Å². The van der Waals surface area contributed by atoms with Gasteiger partial charge in [-0.05, 0) is 36.5 Å². The van der Waals surface area contributed by atoms with E-state index < -0.39 is 0 Å². The van der Waals surface area contributed by atoms with Crippen LogP contribution in [0.3, 0.4) is 0 Å². The quantitative estimate of drug-likeness (QED) is 0.722. The van der Waals surface area contributed by atoms with Crippen molar-refractivity contribution in [1.29, 1.82) is 0 Å². The molecule has 0 bridgehead atoms. The fraction of sp³-hybridized carbons (Fsp3) is 0.421. The first kappa shape index (κ1) is 18.7. The third-order valence-corrected chi connectivity index (χ3v) is 3.58. The van der Waals surface area contributed by atoms with Crippen molar-refractivity contribution < 1.29 is 9.59 Å². The molecule has 0 unspecified atom stereocenters. The molecule has 0 aliphatic heterocycles. The van der Waals surface area contributed by atoms with Crippen LogP contribution in [0.5, 0.6) is 0 Å². The number of aromatic nitrogens is 2. The summed E-state index contributed by atoms with van der Waals surface area (Å²) < 4.78 is 0. The van der Waals surface area contributed by atoms with Crippen LogP contribution >= 0.6 is 0 Å². The normalized spacial score (nSPS) is 11.0. The molecule has 2 amide bonds. The van der Waals surface area contributed by atoms with E-state index >= 15 is 0 Å². The highest BCUT2D eigenvalue weighted by molar-refractivity contribution is 6.08. The number of hydrogen-bond donors (Lipinski definition) is 3. The monoisotopic (exact) mass is 342 g/mol. The Hall–Kier alpha value is -2.63. The van der Waals surface area contributed by atoms with Gasteiger partial charge >= 0.3 is 0 Å². The van der Waals surface area contributed by atoms with E-state index in [0.717, 1.165) is 12.1 Å². The van der Waals surface area contributed by atoms with Crippen molar-refractivity contribution in [2.45, 2.75) is 34.1 Å². The lowest BCUT2D eigenvalue weighted by atomic mass is 10.1. The molecule has 0 saturated carbocycles. The maximum absolute atomic E-state index is 12.4. The highest BCUT2D eigenvalue weighted by atomic mass is 16.2. The van der Waals surface area contributed by atoms with E-state index in [9.17, 15) is 9.59 Å². The lowest BCUT2D eigenvalue weighted by Crippen LogP contribution is -2.28. The fourth-order valence-corrected chi connectivity index (χ4v) is 2.39. The van der Waals surface area contributed by atoms with Gasteiger partial charge < -0.3 is 10.6 Å². The van der Waals surface area contributed by atoms with Gasteiger partial charge in [0.1, 0.15) is 0 Å². The third-order valence-electron chi connectivity index (χ3n) is 3.58. The molecule has 1 aromatic heterocycles. The van der Waals surface area contributed by atoms with Gasteiger partial charge in [-0.1, -0.05) is 39.8 Å². The average Bonchev–Trinajstić information content (AvgIpc) is 3.01. The SMILES string of the molecule is CC(C)CNC(=O)c1ccccc1NC(=O)c1cc(CC(C)C)[nH]n1. The van der Waals surface area contributed by atoms with Crippen LogP contribution in [-0.4, -0.2) is 28.6 Å². The Morgan fingerprint density at radius 3 is 2.48 bits per heavy atom. The standard InChI is InChI=1S/C19H26N4O2/c1-12(2)9-14-10-17(23-22-14)19(25)21-16-8-6-5-7-15(16)18(24)20-11-13(3)4/h5-8,10,12-13H,9,11H2,1-4H3,(H,20,24)(H,21,25)(H,22,23). The van der Waals surface area contributed by atoms with Gasteiger partial charge in [0.15, 0.2) is 5.69 Å². The van der Waals surface area contributed by atoms with Crippen molar-refractivity contribution in [3.05, 3.63) is 47.3 Å². The number of carbonyl (C=O) groups is 2. The first-order valence-corrected chi connectivity index (χ1v) is 8.59. The van der Waals surface area contributed by atoms with E-state index in [1.165, 1.54) is 0 Å². The van der Waals surface area contributed by atoms with Crippen LogP contribution in [0.2, 0.25) is 0 Å². The number of H-pyrrole nitrogens is 1. The molecule has 0 atom stereocenters. The van der Waals surface area contributed by atoms with Crippen LogP contribution in [-0.2, 0) is 6.42 Å². The Morgan fingerprint density at radius 1 is 1.08 bits per heavy atom. The number of hydrogen-bond acceptors (Lipinski definition) is 3. The summed E-state index contributed by atoms with van der Waals surface area (Å²) in [6.07, 6.45) is 0.828. The summed E-state index contributed by atoms with van der Waals surface area (Å²) in [4.78, 5) is 24.8. The van der Waals surface area contributed by atoms with Gasteiger partial charge in [-0.15, -0.1) is 0 Å². The number of benzene rings is 1. The summed E-state index contributed by atoms with van der Waals surface area (Å²) >= 11 is 0. The number of nitrogens with one attached hydrogen (secondary N) is 3. The number of nitrogens with zero attached hydrogens (tertiary/aromatic N) is 1. The minimum absolute atomic E-state index is 0.202. The second-order valence-electron chi connectivity index (χ2n) is 6.98. The number of anilines is 1. The molecule has 3 N–H and O–H groups in total. The molecule has 25 heavy (non-hydrogen) atoms. The highest BCUT2D eigenvalue weighted by Gasteiger charge is 2.16. The lowest BCUT2D eigenvalue weighted by molar-refractivity contribution is 0.0950. The predicted octanol–water partition coefficient (Wildman–Crippen LogP) is 3.25. The van der Waals surface area contributed by atoms with E-state index in [1.54, 1.807) is 30.3 Å². The zero-order chi connectivity index (χ0) is 18.4. The van der Waals surface area contributed by atoms with E-state index in [1.807, 2.05) is 13.8 Å². The molecule has 0 aliphatic carbocycles. The molecule has 2 rings (SSSR count). The molecule has 6 heteroatoms. The average molecular weight is 342 g/mol. The van der Waals surface area contributed by atoms with Crippen LogP contribution in [0.1, 0.15) is 54.2 Å². The summed E-state index contributed by atoms with van der Waals surface area (Å²) in [5, 5.41) is 12.6. The largest absolute Gasteiger partial charge is 0.352 e. The second-order valence-corrected chi connectivity index (χ2v) is 6.98. The zero-order valence-electron chi connectivity index (χ0n) is 15.2. The maximum Gasteiger partial charge on any atom is 0.276 e. The van der Waals surface area contributed by atoms with E-state index in [0.29, 0.717) is 35.3 Å². The Labute approximate surface area is 148 Å². The number of para-hydroxylation sites is 1. The van der Waals surface area contributed by atoms with E-state index in [-0.39, 0.29) is 11.8 Å². The summed E-state index contributed by atoms with van der Waals surface area (Å²) in [6, 6.07) is 8.71. The summed E-state index contributed by atoms with van der Waals surface area (Å²) in [6.45, 7) is 8.85. The topological polar surface area (TPSA) is 86.9 Å². The van der Waals surface area contributed by atoms with Crippen LogP contribution in [0, 0.1) is 11.8 Å². The minimum Gasteiger partial charge on any atom is -0.352 e. The Kier molecular flexibility index (Phi) is 6.33. The Balaban J connectivity index is 2.10. The second kappa shape index (κ2) is 8.46. The third kappa shape index (κ3) is 5.45. The predicted molar refractivity (Wildman–Crippen MR) is 98.7 cm³/mol. The smallest absolute Gasteiger partial charge is 0.276 e. The van der Waals surface area contributed by atoms with Crippen molar-refractivity contribution in [3.8, 4) is 0 Å². The number of carbonyl (C=O) groups excluding carboxylic acids is 2. The van der Waals surface area contributed by atoms with Gasteiger partial charge in [0.25, 0.3) is 11.8 Å². The Morgan fingerprint density at radius 2 is 1.80 bits per heavy atom. The van der Waals surface area contributed by atoms with Gasteiger partial charge in [0.2, 0.25) is 0 Å². The zero-order valence-corrected chi connectivity index (χ0v) is 15.2. The van der Waals surface area contributed by atoms with Crippen molar-refractivity contribution in [1.82, 2.24) is 15.5 Å². The van der Waals surface area contributed by atoms with E-state index in [4.69, 9.17) is 0 Å². The van der Waals surface area contributed by atoms with Gasteiger partial charge in [-0.3, -0.25) is 14.7 Å². The van der Waals surface area contributed by atoms with Crippen molar-refractivity contribution in [2.24, 2.45) is 11.8 Å². The van der Waals surface area contributed by atoms with Gasteiger partial charge in [-0.2, -0.15) is 5.10 Å². The van der Waals surface area contributed by atoms with Crippen molar-refractivity contribution in [3.63, 3.8) is 0 Å². The molecule has 1 aromatic carbocycles. The molecule has 0 radical (unpaired) electrons. The van der Waals surface area contributed by atoms with Crippen molar-refractivity contribution >= 4 is 17.5 Å². The van der Waals surface area contributed by atoms with Crippen LogP contribution < -0.4 is 10.6 Å². The number of rotatable bonds is 7. The first-order chi connectivity index (χ1) is 11.9. The molecule has 0 saturated heterocycles. The summed E-state index contributed by atoms with van der Waals surface area (Å²) in [7, 11) is 0. The fourth-order valence-electron chi connectivity index (χ4n) is 2.39. The number of amides is 2. The molecule has 0 aliphatic rings. The van der Waals surface area contributed by atoms with Crippen LogP contribution in [0.25, 0.3) is 0 Å². The van der Waals surface area contributed by atoms with Gasteiger partial charge in [-0.25, -0.2) is 0 Å². The Bertz CT molecular complexity index is 735. The summed E-state index contributed by atoms with van der Waals surface area (Å²) in [5.74, 6) is 0.290. The van der Waals surface area contributed by atoms with Crippen LogP contribution in [0.15, 0.2) is 30.3 Å². The molecule has 1 heterocycles. The minimum atomic E-state index is -0.338. The highest BCUT2D eigenvalue weighted by Crippen LogP contribution is 2.16. The summed E-state index contributed by atoms with van der Waals surface area (Å²) in [5.41, 5.74) is 2.15. The molecule has 2 aromatic rings. The molecule has 134 valence electrons.